The van der Waals surface area contributed by atoms with Crippen molar-refractivity contribution < 1.29 is 13.2 Å². The SMILES string of the molecule is Cc1nn(-c2ccccc2F)c2nc(-c3cnn(C)c3)cc(C(F)F)c12. The molecule has 3 heterocycles. The van der Waals surface area contributed by atoms with Gasteiger partial charge < -0.3 is 0 Å². The molecule has 0 aliphatic carbocycles. The Kier molecular flexibility index (Phi) is 3.75. The third-order valence-corrected chi connectivity index (χ3v) is 4.16. The van der Waals surface area contributed by atoms with Gasteiger partial charge in [0.1, 0.15) is 11.5 Å². The molecule has 0 saturated carbocycles. The van der Waals surface area contributed by atoms with Crippen LogP contribution in [0.4, 0.5) is 13.2 Å². The number of benzene rings is 1. The van der Waals surface area contributed by atoms with Crippen LogP contribution in [0.25, 0.3) is 28.0 Å². The molecule has 8 heteroatoms. The van der Waals surface area contributed by atoms with E-state index in [0.717, 1.165) is 0 Å². The highest BCUT2D eigenvalue weighted by Crippen LogP contribution is 2.34. The van der Waals surface area contributed by atoms with Crippen molar-refractivity contribution in [1.29, 1.82) is 0 Å². The lowest BCUT2D eigenvalue weighted by Gasteiger charge is -2.08. The summed E-state index contributed by atoms with van der Waals surface area (Å²) in [5.41, 5.74) is 1.44. The van der Waals surface area contributed by atoms with E-state index in [1.54, 1.807) is 43.2 Å². The molecule has 26 heavy (non-hydrogen) atoms. The van der Waals surface area contributed by atoms with Crippen LogP contribution in [0.15, 0.2) is 42.7 Å². The van der Waals surface area contributed by atoms with Crippen molar-refractivity contribution in [3.05, 3.63) is 59.8 Å². The molecule has 0 aliphatic heterocycles. The maximum absolute atomic E-state index is 14.2. The zero-order valence-electron chi connectivity index (χ0n) is 14.0. The number of rotatable bonds is 3. The molecule has 0 saturated heterocycles. The monoisotopic (exact) mass is 357 g/mol. The maximum Gasteiger partial charge on any atom is 0.264 e. The van der Waals surface area contributed by atoms with Gasteiger partial charge in [-0.05, 0) is 25.1 Å². The fourth-order valence-corrected chi connectivity index (χ4v) is 2.99. The largest absolute Gasteiger partial charge is 0.275 e. The van der Waals surface area contributed by atoms with Crippen molar-refractivity contribution in [3.63, 3.8) is 0 Å². The summed E-state index contributed by atoms with van der Waals surface area (Å²) in [6.07, 6.45) is 0.507. The number of hydrogen-bond donors (Lipinski definition) is 0. The first-order valence-corrected chi connectivity index (χ1v) is 7.88. The molecule has 0 fully saturated rings. The summed E-state index contributed by atoms with van der Waals surface area (Å²) in [6, 6.07) is 7.36. The molecule has 0 bridgehead atoms. The van der Waals surface area contributed by atoms with Crippen molar-refractivity contribution in [2.45, 2.75) is 13.3 Å². The first kappa shape index (κ1) is 16.3. The van der Waals surface area contributed by atoms with Crippen LogP contribution in [0.5, 0.6) is 0 Å². The fourth-order valence-electron chi connectivity index (χ4n) is 2.99. The highest BCUT2D eigenvalue weighted by atomic mass is 19.3. The van der Waals surface area contributed by atoms with E-state index in [1.165, 1.54) is 22.9 Å². The van der Waals surface area contributed by atoms with Gasteiger partial charge in [-0.3, -0.25) is 4.68 Å². The molecule has 0 unspecified atom stereocenters. The van der Waals surface area contributed by atoms with E-state index in [1.807, 2.05) is 0 Å². The molecule has 3 aromatic heterocycles. The molecule has 0 spiro atoms. The van der Waals surface area contributed by atoms with Gasteiger partial charge in [0.2, 0.25) is 0 Å². The molecule has 0 amide bonds. The van der Waals surface area contributed by atoms with E-state index in [-0.39, 0.29) is 22.3 Å². The lowest BCUT2D eigenvalue weighted by Crippen LogP contribution is -2.02. The molecule has 0 radical (unpaired) electrons. The summed E-state index contributed by atoms with van der Waals surface area (Å²) in [6.45, 7) is 1.61. The standard InChI is InChI=1S/C18H14F3N5/c1-10-16-12(17(20)21)7-14(11-8-22-25(2)9-11)23-18(16)26(24-10)15-6-4-3-5-13(15)19/h3-9,17H,1-2H3. The van der Waals surface area contributed by atoms with Crippen LogP contribution >= 0.6 is 0 Å². The van der Waals surface area contributed by atoms with Gasteiger partial charge in [-0.1, -0.05) is 12.1 Å². The first-order valence-electron chi connectivity index (χ1n) is 7.88. The fraction of sp³-hybridized carbons (Fsp3) is 0.167. The number of pyridine rings is 1. The molecule has 0 aliphatic rings. The molecule has 132 valence electrons. The Labute approximate surface area is 146 Å². The minimum atomic E-state index is -2.71. The summed E-state index contributed by atoms with van der Waals surface area (Å²) in [5, 5.41) is 8.55. The van der Waals surface area contributed by atoms with Crippen LogP contribution in [0.1, 0.15) is 17.7 Å². The van der Waals surface area contributed by atoms with Gasteiger partial charge in [-0.25, -0.2) is 22.8 Å². The minimum Gasteiger partial charge on any atom is -0.275 e. The van der Waals surface area contributed by atoms with Gasteiger partial charge in [0.05, 0.1) is 23.0 Å². The number of para-hydroxylation sites is 1. The quantitative estimate of drug-likeness (QED) is 0.552. The van der Waals surface area contributed by atoms with Crippen molar-refractivity contribution in [2.75, 3.05) is 0 Å². The number of alkyl halides is 2. The number of halogens is 3. The average molecular weight is 357 g/mol. The second-order valence-corrected chi connectivity index (χ2v) is 5.95. The van der Waals surface area contributed by atoms with Crippen molar-refractivity contribution >= 4 is 11.0 Å². The number of aryl methyl sites for hydroxylation is 2. The van der Waals surface area contributed by atoms with Gasteiger partial charge in [0, 0.05) is 24.4 Å². The predicted molar refractivity (Wildman–Crippen MR) is 90.7 cm³/mol. The van der Waals surface area contributed by atoms with Crippen molar-refractivity contribution in [1.82, 2.24) is 24.5 Å². The number of hydrogen-bond acceptors (Lipinski definition) is 3. The molecule has 0 N–H and O–H groups in total. The van der Waals surface area contributed by atoms with E-state index in [2.05, 4.69) is 15.2 Å². The summed E-state index contributed by atoms with van der Waals surface area (Å²) in [5.74, 6) is -0.510. The highest BCUT2D eigenvalue weighted by molar-refractivity contribution is 5.86. The number of fused-ring (bicyclic) bond motifs is 1. The number of aromatic nitrogens is 5. The van der Waals surface area contributed by atoms with Crippen LogP contribution in [0.3, 0.4) is 0 Å². The van der Waals surface area contributed by atoms with Gasteiger partial charge in [0.25, 0.3) is 6.43 Å². The van der Waals surface area contributed by atoms with Crippen LogP contribution in [-0.2, 0) is 7.05 Å². The van der Waals surface area contributed by atoms with E-state index in [9.17, 15) is 13.2 Å². The highest BCUT2D eigenvalue weighted by Gasteiger charge is 2.22. The smallest absolute Gasteiger partial charge is 0.264 e. The van der Waals surface area contributed by atoms with Gasteiger partial charge in [-0.2, -0.15) is 10.2 Å². The zero-order chi connectivity index (χ0) is 18.4. The summed E-state index contributed by atoms with van der Waals surface area (Å²) in [4.78, 5) is 4.49. The van der Waals surface area contributed by atoms with Crippen molar-refractivity contribution in [3.8, 4) is 16.9 Å². The molecule has 1 aromatic carbocycles. The lowest BCUT2D eigenvalue weighted by molar-refractivity contribution is 0.153. The molecule has 0 atom stereocenters. The van der Waals surface area contributed by atoms with E-state index in [4.69, 9.17) is 0 Å². The van der Waals surface area contributed by atoms with Gasteiger partial charge in [-0.15, -0.1) is 0 Å². The maximum atomic E-state index is 14.2. The Hall–Kier alpha value is -3.16. The Balaban J connectivity index is 2.06. The van der Waals surface area contributed by atoms with Crippen molar-refractivity contribution in [2.24, 2.45) is 7.05 Å². The summed E-state index contributed by atoms with van der Waals surface area (Å²) < 4.78 is 44.5. The summed E-state index contributed by atoms with van der Waals surface area (Å²) >= 11 is 0. The Morgan fingerprint density at radius 1 is 1.15 bits per heavy atom. The molecule has 4 aromatic rings. The topological polar surface area (TPSA) is 48.5 Å². The van der Waals surface area contributed by atoms with E-state index >= 15 is 0 Å². The predicted octanol–water partition coefficient (Wildman–Crippen LogP) is 4.21. The minimum absolute atomic E-state index is 0.154. The Bertz CT molecular complexity index is 1110. The zero-order valence-corrected chi connectivity index (χ0v) is 14.0. The normalized spacial score (nSPS) is 11.6. The van der Waals surface area contributed by atoms with Crippen LogP contribution in [-0.4, -0.2) is 24.5 Å². The van der Waals surface area contributed by atoms with Crippen LogP contribution in [0.2, 0.25) is 0 Å². The third-order valence-electron chi connectivity index (χ3n) is 4.16. The molecular weight excluding hydrogens is 343 g/mol. The second kappa shape index (κ2) is 5.98. The number of nitrogens with zero attached hydrogens (tertiary/aromatic N) is 5. The molecular formula is C18H14F3N5. The first-order chi connectivity index (χ1) is 12.5. The van der Waals surface area contributed by atoms with E-state index < -0.39 is 12.2 Å². The molecule has 4 rings (SSSR count). The Morgan fingerprint density at radius 3 is 2.58 bits per heavy atom. The van der Waals surface area contributed by atoms with Gasteiger partial charge in [0.15, 0.2) is 5.65 Å². The Morgan fingerprint density at radius 2 is 1.92 bits per heavy atom. The summed E-state index contributed by atoms with van der Waals surface area (Å²) in [7, 11) is 1.73. The van der Waals surface area contributed by atoms with Crippen LogP contribution < -0.4 is 0 Å². The van der Waals surface area contributed by atoms with Crippen LogP contribution in [0, 0.1) is 12.7 Å². The lowest BCUT2D eigenvalue weighted by atomic mass is 10.1. The average Bonchev–Trinajstić information content (AvgIpc) is 3.18. The van der Waals surface area contributed by atoms with Gasteiger partial charge >= 0.3 is 0 Å². The third kappa shape index (κ3) is 2.54. The molecule has 5 nitrogen and oxygen atoms in total. The van der Waals surface area contributed by atoms with E-state index in [0.29, 0.717) is 17.0 Å². The second-order valence-electron chi connectivity index (χ2n) is 5.95.